The highest BCUT2D eigenvalue weighted by atomic mass is 28.3. The highest BCUT2D eigenvalue weighted by Crippen LogP contribution is 2.29. The van der Waals surface area contributed by atoms with E-state index in [9.17, 15) is 26.3 Å². The zero-order valence-corrected chi connectivity index (χ0v) is 19.9. The van der Waals surface area contributed by atoms with Crippen molar-refractivity contribution in [3.8, 4) is 0 Å². The molecule has 180 valence electrons. The molecule has 0 amide bonds. The van der Waals surface area contributed by atoms with E-state index in [2.05, 4.69) is 13.5 Å². The molecule has 33 heavy (non-hydrogen) atoms. The summed E-state index contributed by atoms with van der Waals surface area (Å²) in [5.74, 6) is 0. The third kappa shape index (κ3) is 8.54. The summed E-state index contributed by atoms with van der Waals surface area (Å²) in [7, 11) is -2.28. The summed E-state index contributed by atoms with van der Waals surface area (Å²) in [6.07, 6.45) is 2.90. The molecule has 2 aromatic rings. The monoisotopic (exact) mass is 484 g/mol. The van der Waals surface area contributed by atoms with Gasteiger partial charge in [0.05, 0.1) is 11.1 Å². The SMILES string of the molecule is C=C(C=CCCCCCCCC)[SiH](c1ccc(C(F)(F)F)cc1)c1ccc(C(F)(F)F)cc1. The summed E-state index contributed by atoms with van der Waals surface area (Å²) in [4.78, 5) is 0. The molecule has 0 saturated carbocycles. The van der Waals surface area contributed by atoms with Crippen molar-refractivity contribution < 1.29 is 26.3 Å². The van der Waals surface area contributed by atoms with Crippen molar-refractivity contribution in [3.63, 3.8) is 0 Å². The third-order valence-electron chi connectivity index (χ3n) is 5.57. The molecular formula is C26H30F6Si. The lowest BCUT2D eigenvalue weighted by Crippen LogP contribution is -2.43. The first-order valence-corrected chi connectivity index (χ1v) is 13.0. The smallest absolute Gasteiger partial charge is 0.166 e. The van der Waals surface area contributed by atoms with E-state index in [-0.39, 0.29) is 0 Å². The number of halogens is 6. The maximum Gasteiger partial charge on any atom is 0.416 e. The molecular weight excluding hydrogens is 454 g/mol. The van der Waals surface area contributed by atoms with Crippen LogP contribution in [0, 0.1) is 0 Å². The zero-order valence-electron chi connectivity index (χ0n) is 18.8. The van der Waals surface area contributed by atoms with Gasteiger partial charge in [-0.15, -0.1) is 0 Å². The average Bonchev–Trinajstić information content (AvgIpc) is 2.75. The predicted octanol–water partition coefficient (Wildman–Crippen LogP) is 7.47. The highest BCUT2D eigenvalue weighted by Gasteiger charge is 2.32. The molecule has 0 unspecified atom stereocenters. The van der Waals surface area contributed by atoms with Crippen LogP contribution < -0.4 is 10.4 Å². The summed E-state index contributed by atoms with van der Waals surface area (Å²) in [6, 6.07) is 9.77. The maximum atomic E-state index is 13.0. The molecule has 0 bridgehead atoms. The van der Waals surface area contributed by atoms with Gasteiger partial charge in [0, 0.05) is 0 Å². The summed E-state index contributed by atoms with van der Waals surface area (Å²) in [5, 5.41) is 2.11. The Morgan fingerprint density at radius 1 is 0.727 bits per heavy atom. The fourth-order valence-corrected chi connectivity index (χ4v) is 6.45. The van der Waals surface area contributed by atoms with E-state index in [1.54, 1.807) is 0 Å². The lowest BCUT2D eigenvalue weighted by atomic mass is 10.1. The van der Waals surface area contributed by atoms with E-state index < -0.39 is 32.3 Å². The van der Waals surface area contributed by atoms with Crippen LogP contribution in [0.1, 0.15) is 63.0 Å². The first-order chi connectivity index (χ1) is 15.5. The molecule has 0 fully saturated rings. The van der Waals surface area contributed by atoms with Crippen molar-refractivity contribution in [2.75, 3.05) is 0 Å². The van der Waals surface area contributed by atoms with Crippen LogP contribution in [-0.2, 0) is 12.4 Å². The van der Waals surface area contributed by atoms with Gasteiger partial charge in [0.15, 0.2) is 0 Å². The quantitative estimate of drug-likeness (QED) is 0.134. The number of benzene rings is 2. The molecule has 7 heteroatoms. The lowest BCUT2D eigenvalue weighted by Gasteiger charge is -2.19. The van der Waals surface area contributed by atoms with E-state index in [1.807, 2.05) is 12.2 Å². The molecule has 0 aliphatic carbocycles. The summed E-state index contributed by atoms with van der Waals surface area (Å²) < 4.78 is 77.8. The van der Waals surface area contributed by atoms with Crippen molar-refractivity contribution in [3.05, 3.63) is 83.6 Å². The summed E-state index contributed by atoms with van der Waals surface area (Å²) >= 11 is 0. The van der Waals surface area contributed by atoms with Crippen molar-refractivity contribution in [1.82, 2.24) is 0 Å². The fraction of sp³-hybridized carbons (Fsp3) is 0.385. The molecule has 0 aliphatic rings. The van der Waals surface area contributed by atoms with E-state index in [1.165, 1.54) is 49.9 Å². The average molecular weight is 485 g/mol. The molecule has 0 heterocycles. The maximum absolute atomic E-state index is 13.0. The second-order valence-electron chi connectivity index (χ2n) is 8.21. The minimum atomic E-state index is -4.45. The van der Waals surface area contributed by atoms with Gasteiger partial charge in [0.2, 0.25) is 0 Å². The van der Waals surface area contributed by atoms with Gasteiger partial charge in [0.25, 0.3) is 0 Å². The topological polar surface area (TPSA) is 0 Å². The largest absolute Gasteiger partial charge is 0.416 e. The standard InChI is InChI=1S/C26H30F6Si/c1-3-4-5-6-7-8-9-10-11-20(2)33(23-16-12-21(13-17-23)25(27,28)29)24-18-14-22(15-19-24)26(30,31)32/h10-19,33H,2-9H2,1H3. The number of unbranched alkanes of at least 4 members (excludes halogenated alkanes) is 6. The fourth-order valence-electron chi connectivity index (χ4n) is 3.72. The predicted molar refractivity (Wildman–Crippen MR) is 126 cm³/mol. The minimum Gasteiger partial charge on any atom is -0.166 e. The molecule has 0 spiro atoms. The van der Waals surface area contributed by atoms with Crippen molar-refractivity contribution in [2.24, 2.45) is 0 Å². The van der Waals surface area contributed by atoms with Crippen LogP contribution in [-0.4, -0.2) is 8.80 Å². The van der Waals surface area contributed by atoms with Gasteiger partial charge in [-0.3, -0.25) is 0 Å². The Labute approximate surface area is 193 Å². The van der Waals surface area contributed by atoms with Crippen LogP contribution in [0.4, 0.5) is 26.3 Å². The molecule has 0 radical (unpaired) electrons. The van der Waals surface area contributed by atoms with Crippen LogP contribution in [0.15, 0.2) is 72.5 Å². The second-order valence-corrected chi connectivity index (χ2v) is 11.1. The zero-order chi connectivity index (χ0) is 24.5. The molecule has 0 saturated heterocycles. The Bertz CT molecular complexity index is 835. The van der Waals surface area contributed by atoms with Crippen LogP contribution in [0.5, 0.6) is 0 Å². The van der Waals surface area contributed by atoms with Crippen LogP contribution in [0.2, 0.25) is 0 Å². The number of alkyl halides is 6. The van der Waals surface area contributed by atoms with Crippen LogP contribution >= 0.6 is 0 Å². The first-order valence-electron chi connectivity index (χ1n) is 11.2. The lowest BCUT2D eigenvalue weighted by molar-refractivity contribution is -0.138. The van der Waals surface area contributed by atoms with Gasteiger partial charge in [-0.1, -0.05) is 122 Å². The van der Waals surface area contributed by atoms with Crippen molar-refractivity contribution in [1.29, 1.82) is 0 Å². The Hall–Kier alpha value is -2.28. The van der Waals surface area contributed by atoms with E-state index in [0.717, 1.165) is 48.7 Å². The summed E-state index contributed by atoms with van der Waals surface area (Å²) in [5.41, 5.74) is -1.51. The molecule has 0 aromatic heterocycles. The van der Waals surface area contributed by atoms with Gasteiger partial charge in [-0.25, -0.2) is 0 Å². The van der Waals surface area contributed by atoms with Gasteiger partial charge in [-0.2, -0.15) is 26.3 Å². The van der Waals surface area contributed by atoms with E-state index in [4.69, 9.17) is 0 Å². The van der Waals surface area contributed by atoms with Gasteiger partial charge in [-0.05, 0) is 12.8 Å². The normalized spacial score (nSPS) is 12.6. The van der Waals surface area contributed by atoms with Gasteiger partial charge in [0.1, 0.15) is 8.80 Å². The molecule has 0 atom stereocenters. The number of hydrogen-bond donors (Lipinski definition) is 0. The van der Waals surface area contributed by atoms with E-state index >= 15 is 0 Å². The second kappa shape index (κ2) is 12.3. The van der Waals surface area contributed by atoms with Crippen LogP contribution in [0.25, 0.3) is 0 Å². The molecule has 0 nitrogen and oxygen atoms in total. The molecule has 0 N–H and O–H groups in total. The number of hydrogen-bond acceptors (Lipinski definition) is 0. The van der Waals surface area contributed by atoms with Crippen molar-refractivity contribution >= 4 is 19.2 Å². The number of allylic oxidation sites excluding steroid dienone is 3. The van der Waals surface area contributed by atoms with Gasteiger partial charge < -0.3 is 0 Å². The van der Waals surface area contributed by atoms with Crippen molar-refractivity contribution in [2.45, 2.75) is 64.2 Å². The minimum absolute atomic E-state index is 0.678. The summed E-state index contributed by atoms with van der Waals surface area (Å²) in [6.45, 7) is 6.31. The Kier molecular flexibility index (Phi) is 10.0. The molecule has 2 aromatic carbocycles. The van der Waals surface area contributed by atoms with Gasteiger partial charge >= 0.3 is 12.4 Å². The molecule has 2 rings (SSSR count). The van der Waals surface area contributed by atoms with Crippen LogP contribution in [0.3, 0.4) is 0 Å². The Morgan fingerprint density at radius 2 is 1.15 bits per heavy atom. The Balaban J connectivity index is 2.20. The molecule has 0 aliphatic heterocycles. The number of rotatable bonds is 11. The van der Waals surface area contributed by atoms with E-state index in [0.29, 0.717) is 10.4 Å². The first kappa shape index (κ1) is 27.0. The Morgan fingerprint density at radius 3 is 1.58 bits per heavy atom. The third-order valence-corrected chi connectivity index (χ3v) is 8.61. The highest BCUT2D eigenvalue weighted by molar-refractivity contribution is 6.91.